The Hall–Kier alpha value is -1.13. The van der Waals surface area contributed by atoms with E-state index < -0.39 is 0 Å². The first-order valence-electron chi connectivity index (χ1n) is 6.70. The first kappa shape index (κ1) is 13.3. The third-order valence-electron chi connectivity index (χ3n) is 3.54. The molecule has 1 aromatic heterocycles. The van der Waals surface area contributed by atoms with E-state index in [1.54, 1.807) is 0 Å². The highest BCUT2D eigenvalue weighted by molar-refractivity contribution is 5.34. The lowest BCUT2D eigenvalue weighted by Crippen LogP contribution is -2.37. The van der Waals surface area contributed by atoms with Crippen LogP contribution in [0.25, 0.3) is 0 Å². The minimum Gasteiger partial charge on any atom is -0.373 e. The Morgan fingerprint density at radius 3 is 2.89 bits per heavy atom. The lowest BCUT2D eigenvalue weighted by molar-refractivity contribution is 0.201. The van der Waals surface area contributed by atoms with Gasteiger partial charge in [0.15, 0.2) is 0 Å². The van der Waals surface area contributed by atoms with Crippen LogP contribution in [0.5, 0.6) is 0 Å². The highest BCUT2D eigenvalue weighted by atomic mass is 15.2. The molecule has 0 amide bonds. The van der Waals surface area contributed by atoms with E-state index in [2.05, 4.69) is 40.3 Å². The van der Waals surface area contributed by atoms with E-state index in [-0.39, 0.29) is 0 Å². The van der Waals surface area contributed by atoms with Gasteiger partial charge >= 0.3 is 0 Å². The Morgan fingerprint density at radius 2 is 2.28 bits per heavy atom. The maximum atomic E-state index is 4.38. The van der Waals surface area contributed by atoms with Crippen LogP contribution in [0.2, 0.25) is 0 Å². The highest BCUT2D eigenvalue weighted by Crippen LogP contribution is 2.20. The predicted octanol–water partition coefficient (Wildman–Crippen LogP) is 1.65. The topological polar surface area (TPSA) is 31.4 Å². The maximum absolute atomic E-state index is 4.38. The van der Waals surface area contributed by atoms with E-state index in [9.17, 15) is 0 Å². The number of nitrogens with zero attached hydrogens (tertiary/aromatic N) is 3. The Labute approximate surface area is 110 Å². The smallest absolute Gasteiger partial charge is 0.125 e. The van der Waals surface area contributed by atoms with E-state index >= 15 is 0 Å². The van der Waals surface area contributed by atoms with Crippen molar-refractivity contribution in [3.05, 3.63) is 23.9 Å². The monoisotopic (exact) mass is 248 g/mol. The van der Waals surface area contributed by atoms with Crippen LogP contribution in [-0.4, -0.2) is 55.1 Å². The lowest BCUT2D eigenvalue weighted by Gasteiger charge is -2.26. The number of likely N-dealkylation sites (tertiary alicyclic amines) is 1. The standard InChI is InChI=1S/C14H24N4/c1-15-14-7-6-12(9-16-14)10-18-8-4-5-13(18)11-17(2)3/h6-7,9,13H,4-5,8,10-11H2,1-3H3,(H,15,16). The second kappa shape index (κ2) is 6.16. The van der Waals surface area contributed by atoms with Crippen LogP contribution in [0.1, 0.15) is 18.4 Å². The summed E-state index contributed by atoms with van der Waals surface area (Å²) in [6, 6.07) is 4.92. The van der Waals surface area contributed by atoms with E-state index in [0.717, 1.165) is 18.9 Å². The third kappa shape index (κ3) is 3.43. The van der Waals surface area contributed by atoms with Gasteiger partial charge in [-0.15, -0.1) is 0 Å². The molecule has 0 saturated carbocycles. The fourth-order valence-corrected chi connectivity index (χ4v) is 2.63. The van der Waals surface area contributed by atoms with Gasteiger partial charge in [0.2, 0.25) is 0 Å². The second-order valence-electron chi connectivity index (χ2n) is 5.33. The van der Waals surface area contributed by atoms with Crippen LogP contribution in [-0.2, 0) is 6.54 Å². The fraction of sp³-hybridized carbons (Fsp3) is 0.643. The zero-order valence-corrected chi connectivity index (χ0v) is 11.7. The van der Waals surface area contributed by atoms with Gasteiger partial charge in [0.05, 0.1) is 0 Å². The van der Waals surface area contributed by atoms with E-state index in [1.807, 2.05) is 19.3 Å². The normalized spacial score (nSPS) is 20.6. The number of pyridine rings is 1. The molecular formula is C14H24N4. The first-order valence-corrected chi connectivity index (χ1v) is 6.70. The SMILES string of the molecule is CNc1ccc(CN2CCCC2CN(C)C)cn1. The van der Waals surface area contributed by atoms with Gasteiger partial charge in [0.25, 0.3) is 0 Å². The number of hydrogen-bond donors (Lipinski definition) is 1. The van der Waals surface area contributed by atoms with Crippen LogP contribution in [0.3, 0.4) is 0 Å². The highest BCUT2D eigenvalue weighted by Gasteiger charge is 2.24. The molecule has 0 aromatic carbocycles. The van der Waals surface area contributed by atoms with Gasteiger partial charge in [-0.25, -0.2) is 4.98 Å². The number of anilines is 1. The van der Waals surface area contributed by atoms with Crippen molar-refractivity contribution < 1.29 is 0 Å². The molecule has 1 N–H and O–H groups in total. The van der Waals surface area contributed by atoms with Gasteiger partial charge in [0, 0.05) is 32.4 Å². The lowest BCUT2D eigenvalue weighted by atomic mass is 10.2. The molecule has 1 unspecified atom stereocenters. The molecule has 2 heterocycles. The summed E-state index contributed by atoms with van der Waals surface area (Å²) in [6.45, 7) is 3.39. The van der Waals surface area contributed by atoms with Crippen molar-refractivity contribution in [2.45, 2.75) is 25.4 Å². The van der Waals surface area contributed by atoms with Crippen LogP contribution in [0.15, 0.2) is 18.3 Å². The first-order chi connectivity index (χ1) is 8.69. The summed E-state index contributed by atoms with van der Waals surface area (Å²) in [6.07, 6.45) is 4.62. The van der Waals surface area contributed by atoms with Crippen LogP contribution >= 0.6 is 0 Å². The summed E-state index contributed by atoms with van der Waals surface area (Å²) >= 11 is 0. The Bertz CT molecular complexity index is 361. The molecule has 4 nitrogen and oxygen atoms in total. The molecule has 1 atom stereocenters. The minimum atomic E-state index is 0.698. The van der Waals surface area contributed by atoms with Crippen molar-refractivity contribution in [2.75, 3.05) is 39.5 Å². The second-order valence-corrected chi connectivity index (χ2v) is 5.33. The van der Waals surface area contributed by atoms with Gasteiger partial charge < -0.3 is 10.2 Å². The van der Waals surface area contributed by atoms with Crippen molar-refractivity contribution in [3.8, 4) is 0 Å². The molecule has 1 aliphatic rings. The molecule has 0 aliphatic carbocycles. The molecule has 0 radical (unpaired) electrons. The summed E-state index contributed by atoms with van der Waals surface area (Å²) in [5, 5.41) is 3.05. The van der Waals surface area contributed by atoms with Gasteiger partial charge in [-0.2, -0.15) is 0 Å². The van der Waals surface area contributed by atoms with Crippen molar-refractivity contribution in [1.82, 2.24) is 14.8 Å². The fourth-order valence-electron chi connectivity index (χ4n) is 2.63. The average molecular weight is 248 g/mol. The molecule has 1 saturated heterocycles. The van der Waals surface area contributed by atoms with Crippen LogP contribution in [0.4, 0.5) is 5.82 Å². The summed E-state index contributed by atoms with van der Waals surface area (Å²) in [5.74, 6) is 0.935. The number of aromatic nitrogens is 1. The molecule has 100 valence electrons. The molecular weight excluding hydrogens is 224 g/mol. The van der Waals surface area contributed by atoms with Gasteiger partial charge in [-0.3, -0.25) is 4.90 Å². The maximum Gasteiger partial charge on any atom is 0.125 e. The van der Waals surface area contributed by atoms with Crippen molar-refractivity contribution >= 4 is 5.82 Å². The third-order valence-corrected chi connectivity index (χ3v) is 3.54. The molecule has 1 fully saturated rings. The summed E-state index contributed by atoms with van der Waals surface area (Å²) in [7, 11) is 6.20. The minimum absolute atomic E-state index is 0.698. The summed E-state index contributed by atoms with van der Waals surface area (Å²) < 4.78 is 0. The number of likely N-dealkylation sites (N-methyl/N-ethyl adjacent to an activating group) is 1. The molecule has 18 heavy (non-hydrogen) atoms. The molecule has 0 spiro atoms. The Balaban J connectivity index is 1.94. The molecule has 2 rings (SSSR count). The van der Waals surface area contributed by atoms with Gasteiger partial charge in [-0.1, -0.05) is 6.07 Å². The summed E-state index contributed by atoms with van der Waals surface area (Å²) in [5.41, 5.74) is 1.31. The number of hydrogen-bond acceptors (Lipinski definition) is 4. The Morgan fingerprint density at radius 1 is 1.44 bits per heavy atom. The molecule has 1 aromatic rings. The van der Waals surface area contributed by atoms with E-state index in [4.69, 9.17) is 0 Å². The average Bonchev–Trinajstić information content (AvgIpc) is 2.77. The number of rotatable bonds is 5. The van der Waals surface area contributed by atoms with E-state index in [1.165, 1.54) is 24.9 Å². The quantitative estimate of drug-likeness (QED) is 0.858. The van der Waals surface area contributed by atoms with E-state index in [0.29, 0.717) is 6.04 Å². The van der Waals surface area contributed by atoms with Crippen molar-refractivity contribution in [2.24, 2.45) is 0 Å². The molecule has 1 aliphatic heterocycles. The van der Waals surface area contributed by atoms with Gasteiger partial charge in [0.1, 0.15) is 5.82 Å². The zero-order chi connectivity index (χ0) is 13.0. The van der Waals surface area contributed by atoms with Crippen LogP contribution in [0, 0.1) is 0 Å². The molecule has 0 bridgehead atoms. The number of nitrogens with one attached hydrogen (secondary N) is 1. The van der Waals surface area contributed by atoms with Gasteiger partial charge in [-0.05, 0) is 45.1 Å². The van der Waals surface area contributed by atoms with Crippen molar-refractivity contribution in [1.29, 1.82) is 0 Å². The van der Waals surface area contributed by atoms with Crippen molar-refractivity contribution in [3.63, 3.8) is 0 Å². The Kier molecular flexibility index (Phi) is 4.55. The molecule has 4 heteroatoms. The zero-order valence-electron chi connectivity index (χ0n) is 11.7. The summed E-state index contributed by atoms with van der Waals surface area (Å²) in [4.78, 5) is 9.24. The largest absolute Gasteiger partial charge is 0.373 e. The van der Waals surface area contributed by atoms with Crippen LogP contribution < -0.4 is 5.32 Å². The predicted molar refractivity (Wildman–Crippen MR) is 75.8 cm³/mol.